The lowest BCUT2D eigenvalue weighted by molar-refractivity contribution is 0.0616. The number of phenolic OH excluding ortho intramolecular Hbond substituents is 2. The molecule has 0 spiro atoms. The van der Waals surface area contributed by atoms with E-state index in [4.69, 9.17) is 0 Å². The Morgan fingerprint density at radius 3 is 2.47 bits per heavy atom. The predicted molar refractivity (Wildman–Crippen MR) is 66.2 cm³/mol. The minimum absolute atomic E-state index is 0.119. The van der Waals surface area contributed by atoms with Crippen molar-refractivity contribution in [1.29, 1.82) is 0 Å². The third-order valence-corrected chi connectivity index (χ3v) is 3.32. The molecule has 1 rings (SSSR count). The van der Waals surface area contributed by atoms with Gasteiger partial charge in [-0.15, -0.1) is 0 Å². The van der Waals surface area contributed by atoms with E-state index in [0.29, 0.717) is 0 Å². The predicted octanol–water partition coefficient (Wildman–Crippen LogP) is 2.36. The molecule has 4 nitrogen and oxygen atoms in total. The Hall–Kier alpha value is -1.71. The molecule has 0 fully saturated rings. The van der Waals surface area contributed by atoms with Crippen molar-refractivity contribution >= 4 is 5.91 Å². The summed E-state index contributed by atoms with van der Waals surface area (Å²) in [6.45, 7) is 5.89. The van der Waals surface area contributed by atoms with Crippen LogP contribution in [0.15, 0.2) is 18.2 Å². The fraction of sp³-hybridized carbons (Fsp3) is 0.462. The number of carbonyl (C=O) groups is 1. The number of aromatic hydroxyl groups is 2. The molecule has 17 heavy (non-hydrogen) atoms. The summed E-state index contributed by atoms with van der Waals surface area (Å²) in [6, 6.07) is 4.38. The van der Waals surface area contributed by atoms with Gasteiger partial charge < -0.3 is 15.1 Å². The monoisotopic (exact) mass is 237 g/mol. The molecule has 4 heteroatoms. The van der Waals surface area contributed by atoms with Gasteiger partial charge >= 0.3 is 0 Å². The second-order valence-electron chi connectivity index (χ2n) is 4.70. The van der Waals surface area contributed by atoms with Crippen molar-refractivity contribution in [3.63, 3.8) is 0 Å². The number of carbonyl (C=O) groups excluding carboxylic acids is 1. The van der Waals surface area contributed by atoms with Crippen LogP contribution in [0, 0.1) is 0 Å². The quantitative estimate of drug-likeness (QED) is 0.793. The van der Waals surface area contributed by atoms with Crippen LogP contribution in [0.5, 0.6) is 11.5 Å². The molecule has 0 saturated heterocycles. The summed E-state index contributed by atoms with van der Waals surface area (Å²) in [5.74, 6) is -0.944. The van der Waals surface area contributed by atoms with Crippen LogP contribution < -0.4 is 0 Å². The van der Waals surface area contributed by atoms with Crippen molar-refractivity contribution in [3.05, 3.63) is 23.8 Å². The summed E-state index contributed by atoms with van der Waals surface area (Å²) in [4.78, 5) is 13.7. The Balaban J connectivity index is 3.09. The molecule has 1 amide bonds. The molecule has 0 heterocycles. The first-order chi connectivity index (χ1) is 7.81. The fourth-order valence-electron chi connectivity index (χ4n) is 1.40. The Labute approximate surface area is 101 Å². The van der Waals surface area contributed by atoms with Crippen LogP contribution in [0.1, 0.15) is 37.6 Å². The van der Waals surface area contributed by atoms with Crippen molar-refractivity contribution in [2.45, 2.75) is 32.7 Å². The molecular formula is C13H19NO3. The second kappa shape index (κ2) is 4.65. The topological polar surface area (TPSA) is 60.8 Å². The second-order valence-corrected chi connectivity index (χ2v) is 4.70. The van der Waals surface area contributed by atoms with Crippen molar-refractivity contribution in [3.8, 4) is 11.5 Å². The van der Waals surface area contributed by atoms with Gasteiger partial charge in [0.1, 0.15) is 0 Å². The molecule has 0 bridgehead atoms. The van der Waals surface area contributed by atoms with Gasteiger partial charge in [0.25, 0.3) is 5.91 Å². The number of hydrogen-bond acceptors (Lipinski definition) is 3. The van der Waals surface area contributed by atoms with Crippen molar-refractivity contribution < 1.29 is 15.0 Å². The summed E-state index contributed by atoms with van der Waals surface area (Å²) in [5.41, 5.74) is -0.177. The van der Waals surface area contributed by atoms with E-state index in [-0.39, 0.29) is 28.5 Å². The van der Waals surface area contributed by atoms with Crippen LogP contribution in [0.25, 0.3) is 0 Å². The molecule has 0 saturated carbocycles. The fourth-order valence-corrected chi connectivity index (χ4v) is 1.40. The average Bonchev–Trinajstić information content (AvgIpc) is 2.30. The van der Waals surface area contributed by atoms with E-state index in [2.05, 4.69) is 0 Å². The molecule has 0 aliphatic heterocycles. The summed E-state index contributed by atoms with van der Waals surface area (Å²) in [7, 11) is 1.69. The van der Waals surface area contributed by atoms with Gasteiger partial charge in [-0.1, -0.05) is 13.0 Å². The molecule has 1 aromatic carbocycles. The van der Waals surface area contributed by atoms with E-state index in [1.165, 1.54) is 18.2 Å². The number of phenols is 2. The van der Waals surface area contributed by atoms with Gasteiger partial charge in [-0.25, -0.2) is 0 Å². The zero-order valence-corrected chi connectivity index (χ0v) is 10.7. The zero-order chi connectivity index (χ0) is 13.2. The van der Waals surface area contributed by atoms with Crippen LogP contribution >= 0.6 is 0 Å². The van der Waals surface area contributed by atoms with Crippen LogP contribution in [-0.4, -0.2) is 33.6 Å². The highest BCUT2D eigenvalue weighted by Gasteiger charge is 2.28. The maximum absolute atomic E-state index is 12.2. The average molecular weight is 237 g/mol. The SMILES string of the molecule is CCC(C)(C)N(C)C(=O)c1cccc(O)c1O. The van der Waals surface area contributed by atoms with Gasteiger partial charge in [0, 0.05) is 12.6 Å². The highest BCUT2D eigenvalue weighted by atomic mass is 16.3. The van der Waals surface area contributed by atoms with Crippen LogP contribution in [-0.2, 0) is 0 Å². The molecule has 0 aliphatic rings. The zero-order valence-electron chi connectivity index (χ0n) is 10.7. The highest BCUT2D eigenvalue weighted by Crippen LogP contribution is 2.30. The lowest BCUT2D eigenvalue weighted by atomic mass is 9.98. The summed E-state index contributed by atoms with van der Waals surface area (Å²) in [5, 5.41) is 19.0. The van der Waals surface area contributed by atoms with Crippen molar-refractivity contribution in [1.82, 2.24) is 4.90 Å². The Kier molecular flexibility index (Phi) is 3.66. The van der Waals surface area contributed by atoms with E-state index in [1.54, 1.807) is 11.9 Å². The standard InChI is InChI=1S/C13H19NO3/c1-5-13(2,3)14(4)12(17)9-7-6-8-10(15)11(9)16/h6-8,15-16H,5H2,1-4H3. The van der Waals surface area contributed by atoms with Crippen LogP contribution in [0.4, 0.5) is 0 Å². The first kappa shape index (κ1) is 13.4. The number of benzene rings is 1. The minimum Gasteiger partial charge on any atom is -0.504 e. The first-order valence-corrected chi connectivity index (χ1v) is 5.60. The first-order valence-electron chi connectivity index (χ1n) is 5.60. The van der Waals surface area contributed by atoms with Gasteiger partial charge in [-0.3, -0.25) is 4.79 Å². The van der Waals surface area contributed by atoms with E-state index in [9.17, 15) is 15.0 Å². The Bertz CT molecular complexity index is 427. The van der Waals surface area contributed by atoms with Gasteiger partial charge in [-0.05, 0) is 32.4 Å². The van der Waals surface area contributed by atoms with Crippen molar-refractivity contribution in [2.24, 2.45) is 0 Å². The molecular weight excluding hydrogens is 218 g/mol. The lowest BCUT2D eigenvalue weighted by Crippen LogP contribution is -2.44. The molecule has 0 aromatic heterocycles. The van der Waals surface area contributed by atoms with Crippen molar-refractivity contribution in [2.75, 3.05) is 7.05 Å². The number of rotatable bonds is 3. The lowest BCUT2D eigenvalue weighted by Gasteiger charge is -2.35. The van der Waals surface area contributed by atoms with Gasteiger partial charge in [0.05, 0.1) is 5.56 Å². The normalized spacial score (nSPS) is 11.3. The van der Waals surface area contributed by atoms with Crippen LogP contribution in [0.2, 0.25) is 0 Å². The Morgan fingerprint density at radius 2 is 1.94 bits per heavy atom. The molecule has 0 unspecified atom stereocenters. The Morgan fingerprint density at radius 1 is 1.35 bits per heavy atom. The maximum atomic E-state index is 12.2. The largest absolute Gasteiger partial charge is 0.504 e. The van der Waals surface area contributed by atoms with Gasteiger partial charge in [0.15, 0.2) is 11.5 Å². The van der Waals surface area contributed by atoms with E-state index in [0.717, 1.165) is 6.42 Å². The number of para-hydroxylation sites is 1. The molecule has 94 valence electrons. The van der Waals surface area contributed by atoms with Gasteiger partial charge in [-0.2, -0.15) is 0 Å². The number of hydrogen-bond donors (Lipinski definition) is 2. The van der Waals surface area contributed by atoms with Crippen LogP contribution in [0.3, 0.4) is 0 Å². The highest BCUT2D eigenvalue weighted by molar-refractivity contribution is 5.97. The number of amides is 1. The minimum atomic E-state index is -0.365. The molecule has 1 aromatic rings. The molecule has 2 N–H and O–H groups in total. The number of nitrogens with zero attached hydrogens (tertiary/aromatic N) is 1. The molecule has 0 radical (unpaired) electrons. The van der Waals surface area contributed by atoms with E-state index in [1.807, 2.05) is 20.8 Å². The van der Waals surface area contributed by atoms with E-state index < -0.39 is 0 Å². The molecule has 0 aliphatic carbocycles. The summed E-state index contributed by atoms with van der Waals surface area (Å²) >= 11 is 0. The summed E-state index contributed by atoms with van der Waals surface area (Å²) < 4.78 is 0. The molecule has 0 atom stereocenters. The smallest absolute Gasteiger partial charge is 0.257 e. The third kappa shape index (κ3) is 2.52. The van der Waals surface area contributed by atoms with E-state index >= 15 is 0 Å². The summed E-state index contributed by atoms with van der Waals surface area (Å²) in [6.07, 6.45) is 0.800. The van der Waals surface area contributed by atoms with Gasteiger partial charge in [0.2, 0.25) is 0 Å². The maximum Gasteiger partial charge on any atom is 0.257 e. The third-order valence-electron chi connectivity index (χ3n) is 3.32.